The molecule has 0 radical (unpaired) electrons. The van der Waals surface area contributed by atoms with Crippen molar-refractivity contribution in [2.75, 3.05) is 12.9 Å². The molecule has 80 valence electrons. The average molecular weight is 231 g/mol. The number of thioether (sulfide) groups is 1. The SMILES string of the molecule is CSC(CO)C(C)NCc1ccsc1. The quantitative estimate of drug-likeness (QED) is 0.785. The Morgan fingerprint density at radius 2 is 2.43 bits per heavy atom. The van der Waals surface area contributed by atoms with Gasteiger partial charge in [-0.3, -0.25) is 0 Å². The molecule has 0 amide bonds. The van der Waals surface area contributed by atoms with Crippen LogP contribution in [0.3, 0.4) is 0 Å². The molecule has 1 aromatic heterocycles. The van der Waals surface area contributed by atoms with Gasteiger partial charge in [0.2, 0.25) is 0 Å². The number of hydrogen-bond donors (Lipinski definition) is 2. The maximum Gasteiger partial charge on any atom is 0.0564 e. The van der Waals surface area contributed by atoms with Gasteiger partial charge in [-0.15, -0.1) is 0 Å². The molecule has 0 spiro atoms. The van der Waals surface area contributed by atoms with E-state index in [2.05, 4.69) is 29.1 Å². The summed E-state index contributed by atoms with van der Waals surface area (Å²) in [7, 11) is 0. The summed E-state index contributed by atoms with van der Waals surface area (Å²) in [5.74, 6) is 0. The van der Waals surface area contributed by atoms with Crippen LogP contribution in [0.5, 0.6) is 0 Å². The molecule has 4 heteroatoms. The summed E-state index contributed by atoms with van der Waals surface area (Å²) >= 11 is 3.42. The van der Waals surface area contributed by atoms with Crippen molar-refractivity contribution in [3.8, 4) is 0 Å². The molecule has 0 aliphatic rings. The van der Waals surface area contributed by atoms with E-state index in [4.69, 9.17) is 5.11 Å². The van der Waals surface area contributed by atoms with Crippen molar-refractivity contribution in [2.24, 2.45) is 0 Å². The van der Waals surface area contributed by atoms with Crippen LogP contribution in [0.15, 0.2) is 16.8 Å². The lowest BCUT2D eigenvalue weighted by atomic mass is 10.2. The molecule has 0 aromatic carbocycles. The molecule has 2 N–H and O–H groups in total. The zero-order valence-electron chi connectivity index (χ0n) is 8.56. The Labute approximate surface area is 93.7 Å². The lowest BCUT2D eigenvalue weighted by molar-refractivity contribution is 0.276. The van der Waals surface area contributed by atoms with Gasteiger partial charge in [0.1, 0.15) is 0 Å². The summed E-state index contributed by atoms with van der Waals surface area (Å²) in [5.41, 5.74) is 1.32. The molecule has 14 heavy (non-hydrogen) atoms. The Bertz CT molecular complexity index is 234. The number of aliphatic hydroxyl groups is 1. The van der Waals surface area contributed by atoms with Gasteiger partial charge in [-0.25, -0.2) is 0 Å². The second-order valence-corrected chi connectivity index (χ2v) is 5.11. The van der Waals surface area contributed by atoms with Crippen LogP contribution in [-0.2, 0) is 6.54 Å². The smallest absolute Gasteiger partial charge is 0.0564 e. The third-order valence-corrected chi connectivity index (χ3v) is 4.14. The van der Waals surface area contributed by atoms with Crippen molar-refractivity contribution in [1.29, 1.82) is 0 Å². The standard InChI is InChI=1S/C10H17NOS2/c1-8(10(6-12)13-2)11-5-9-3-4-14-7-9/h3-4,7-8,10-12H,5-6H2,1-2H3. The largest absolute Gasteiger partial charge is 0.395 e. The van der Waals surface area contributed by atoms with Gasteiger partial charge in [0.25, 0.3) is 0 Å². The molecule has 0 bridgehead atoms. The van der Waals surface area contributed by atoms with Crippen LogP contribution in [0.4, 0.5) is 0 Å². The Morgan fingerprint density at radius 3 is 2.93 bits per heavy atom. The molecule has 0 saturated heterocycles. The van der Waals surface area contributed by atoms with Gasteiger partial charge in [-0.05, 0) is 35.6 Å². The molecule has 1 heterocycles. The topological polar surface area (TPSA) is 32.3 Å². The van der Waals surface area contributed by atoms with E-state index in [1.54, 1.807) is 23.1 Å². The Hall–Kier alpha value is -0.0300. The average Bonchev–Trinajstić information content (AvgIpc) is 2.69. The second-order valence-electron chi connectivity index (χ2n) is 3.26. The van der Waals surface area contributed by atoms with Crippen molar-refractivity contribution < 1.29 is 5.11 Å². The van der Waals surface area contributed by atoms with E-state index in [1.165, 1.54) is 5.56 Å². The van der Waals surface area contributed by atoms with Crippen molar-refractivity contribution >= 4 is 23.1 Å². The highest BCUT2D eigenvalue weighted by Crippen LogP contribution is 2.11. The lowest BCUT2D eigenvalue weighted by Crippen LogP contribution is -2.36. The molecular formula is C10H17NOS2. The van der Waals surface area contributed by atoms with Crippen LogP contribution in [-0.4, -0.2) is 29.3 Å². The van der Waals surface area contributed by atoms with Crippen LogP contribution in [0, 0.1) is 0 Å². The minimum Gasteiger partial charge on any atom is -0.395 e. The fourth-order valence-corrected chi connectivity index (χ4v) is 2.56. The highest BCUT2D eigenvalue weighted by Gasteiger charge is 2.13. The number of nitrogens with one attached hydrogen (secondary N) is 1. The van der Waals surface area contributed by atoms with Crippen LogP contribution in [0.1, 0.15) is 12.5 Å². The number of aliphatic hydroxyl groups excluding tert-OH is 1. The van der Waals surface area contributed by atoms with Gasteiger partial charge in [0, 0.05) is 17.8 Å². The maximum atomic E-state index is 9.09. The molecule has 2 atom stereocenters. The van der Waals surface area contributed by atoms with Crippen LogP contribution >= 0.6 is 23.1 Å². The summed E-state index contributed by atoms with van der Waals surface area (Å²) in [6.07, 6.45) is 2.03. The van der Waals surface area contributed by atoms with Crippen molar-refractivity contribution in [3.05, 3.63) is 22.4 Å². The van der Waals surface area contributed by atoms with E-state index in [-0.39, 0.29) is 11.9 Å². The van der Waals surface area contributed by atoms with Gasteiger partial charge in [0.05, 0.1) is 6.61 Å². The first-order valence-electron chi connectivity index (χ1n) is 4.66. The predicted octanol–water partition coefficient (Wildman–Crippen LogP) is 1.95. The van der Waals surface area contributed by atoms with Crippen molar-refractivity contribution in [2.45, 2.75) is 24.8 Å². The fourth-order valence-electron chi connectivity index (χ4n) is 1.24. The van der Waals surface area contributed by atoms with Gasteiger partial charge in [-0.2, -0.15) is 23.1 Å². The lowest BCUT2D eigenvalue weighted by Gasteiger charge is -2.21. The van der Waals surface area contributed by atoms with E-state index in [1.807, 2.05) is 6.26 Å². The highest BCUT2D eigenvalue weighted by atomic mass is 32.2. The first-order chi connectivity index (χ1) is 6.77. The van der Waals surface area contributed by atoms with Gasteiger partial charge < -0.3 is 10.4 Å². The number of rotatable bonds is 6. The van der Waals surface area contributed by atoms with Crippen molar-refractivity contribution in [1.82, 2.24) is 5.32 Å². The molecule has 0 saturated carbocycles. The summed E-state index contributed by atoms with van der Waals surface area (Å²) in [6.45, 7) is 3.24. The summed E-state index contributed by atoms with van der Waals surface area (Å²) in [6, 6.07) is 2.46. The zero-order valence-corrected chi connectivity index (χ0v) is 10.2. The highest BCUT2D eigenvalue weighted by molar-refractivity contribution is 7.99. The molecule has 2 nitrogen and oxygen atoms in total. The third kappa shape index (κ3) is 3.61. The zero-order chi connectivity index (χ0) is 10.4. The van der Waals surface area contributed by atoms with E-state index < -0.39 is 0 Å². The second kappa shape index (κ2) is 6.45. The van der Waals surface area contributed by atoms with Gasteiger partial charge in [0.15, 0.2) is 0 Å². The van der Waals surface area contributed by atoms with Gasteiger partial charge >= 0.3 is 0 Å². The number of thiophene rings is 1. The van der Waals surface area contributed by atoms with Gasteiger partial charge in [-0.1, -0.05) is 0 Å². The van der Waals surface area contributed by atoms with Crippen LogP contribution < -0.4 is 5.32 Å². The minimum absolute atomic E-state index is 0.235. The molecule has 1 aromatic rings. The minimum atomic E-state index is 0.235. The summed E-state index contributed by atoms with van der Waals surface area (Å²) in [4.78, 5) is 0. The maximum absolute atomic E-state index is 9.09. The number of hydrogen-bond acceptors (Lipinski definition) is 4. The predicted molar refractivity (Wildman–Crippen MR) is 65.0 cm³/mol. The Morgan fingerprint density at radius 1 is 1.64 bits per heavy atom. The third-order valence-electron chi connectivity index (χ3n) is 2.25. The fraction of sp³-hybridized carbons (Fsp3) is 0.600. The normalized spacial score (nSPS) is 15.4. The molecule has 2 unspecified atom stereocenters. The Balaban J connectivity index is 2.30. The molecular weight excluding hydrogens is 214 g/mol. The van der Waals surface area contributed by atoms with E-state index in [0.717, 1.165) is 6.54 Å². The molecule has 0 aliphatic heterocycles. The van der Waals surface area contributed by atoms with E-state index in [9.17, 15) is 0 Å². The first-order valence-corrected chi connectivity index (χ1v) is 6.89. The summed E-state index contributed by atoms with van der Waals surface area (Å²) < 4.78 is 0. The molecule has 1 rings (SSSR count). The monoisotopic (exact) mass is 231 g/mol. The Kier molecular flexibility index (Phi) is 5.55. The van der Waals surface area contributed by atoms with Crippen LogP contribution in [0.25, 0.3) is 0 Å². The molecule has 0 fully saturated rings. The summed E-state index contributed by atoms with van der Waals surface area (Å²) in [5, 5.41) is 17.0. The van der Waals surface area contributed by atoms with Crippen molar-refractivity contribution in [3.63, 3.8) is 0 Å². The van der Waals surface area contributed by atoms with Crippen LogP contribution in [0.2, 0.25) is 0 Å². The van der Waals surface area contributed by atoms with E-state index in [0.29, 0.717) is 6.04 Å². The first kappa shape index (κ1) is 12.0. The molecule has 0 aliphatic carbocycles. The van der Waals surface area contributed by atoms with E-state index >= 15 is 0 Å².